The molecule has 36 heavy (non-hydrogen) atoms. The van der Waals surface area contributed by atoms with Crippen LogP contribution in [0.1, 0.15) is 107 Å². The van der Waals surface area contributed by atoms with E-state index in [2.05, 4.69) is 56.3 Å². The molecule has 0 bridgehead atoms. The first kappa shape index (κ1) is 29.8. The molecular weight excluding hydrogens is 596 g/mol. The summed E-state index contributed by atoms with van der Waals surface area (Å²) in [5.41, 5.74) is -0.604. The standard InChI is InChI=1S/C26H32Br2N2O6/c1-3-5-7-9-11-29-23(31)15-13-17(27)21(24(32)30-12-10-8-6-4-2)20-16(25(33)34)14-18(28)22(19(15)20)26(35)36/h13-14H,3-12H2,1-2H3,(H,29,31)(H,30,32)(H,33,34)(H,35,36). The van der Waals surface area contributed by atoms with Crippen molar-refractivity contribution in [2.45, 2.75) is 65.2 Å². The molecule has 0 aliphatic carbocycles. The number of carbonyl (C=O) groups excluding carboxylic acids is 2. The van der Waals surface area contributed by atoms with E-state index in [0.717, 1.165) is 57.4 Å². The van der Waals surface area contributed by atoms with Crippen LogP contribution in [-0.4, -0.2) is 47.1 Å². The summed E-state index contributed by atoms with van der Waals surface area (Å²) in [6.45, 7) is 4.93. The molecule has 0 atom stereocenters. The molecule has 0 aliphatic rings. The molecule has 0 radical (unpaired) electrons. The van der Waals surface area contributed by atoms with E-state index in [0.29, 0.717) is 13.1 Å². The van der Waals surface area contributed by atoms with Gasteiger partial charge in [0.25, 0.3) is 11.8 Å². The third-order valence-electron chi connectivity index (χ3n) is 5.86. The second-order valence-electron chi connectivity index (χ2n) is 8.56. The molecular formula is C26H32Br2N2O6. The lowest BCUT2D eigenvalue weighted by atomic mass is 9.90. The molecule has 2 rings (SSSR count). The SMILES string of the molecule is CCCCCCNC(=O)c1cc(Br)c(C(=O)NCCCCCC)c2c(C(=O)O)cc(Br)c(C(=O)O)c12. The van der Waals surface area contributed by atoms with Gasteiger partial charge in [0.05, 0.1) is 16.7 Å². The van der Waals surface area contributed by atoms with Crippen molar-refractivity contribution in [3.05, 3.63) is 43.3 Å². The van der Waals surface area contributed by atoms with Crippen LogP contribution in [0.2, 0.25) is 0 Å². The molecule has 8 nitrogen and oxygen atoms in total. The first-order chi connectivity index (χ1) is 17.1. The number of aromatic carboxylic acids is 2. The number of fused-ring (bicyclic) bond motifs is 1. The number of rotatable bonds is 14. The van der Waals surface area contributed by atoms with Crippen molar-refractivity contribution in [1.29, 1.82) is 0 Å². The topological polar surface area (TPSA) is 133 Å². The number of carbonyl (C=O) groups is 4. The second-order valence-corrected chi connectivity index (χ2v) is 10.3. The van der Waals surface area contributed by atoms with Crippen molar-refractivity contribution in [2.75, 3.05) is 13.1 Å². The Kier molecular flexibility index (Phi) is 11.8. The minimum atomic E-state index is -1.35. The predicted octanol–water partition coefficient (Wildman–Crippen LogP) is 6.38. The van der Waals surface area contributed by atoms with Gasteiger partial charge in [0.15, 0.2) is 0 Å². The Bertz CT molecular complexity index is 1150. The summed E-state index contributed by atoms with van der Waals surface area (Å²) < 4.78 is 0.212. The zero-order valence-electron chi connectivity index (χ0n) is 20.5. The number of carboxylic acid groups (broad SMARTS) is 2. The second kappa shape index (κ2) is 14.3. The van der Waals surface area contributed by atoms with Crippen LogP contribution < -0.4 is 10.6 Å². The number of nitrogens with one attached hydrogen (secondary N) is 2. The Balaban J connectivity index is 2.68. The van der Waals surface area contributed by atoms with Crippen LogP contribution in [0.3, 0.4) is 0 Å². The predicted molar refractivity (Wildman–Crippen MR) is 146 cm³/mol. The smallest absolute Gasteiger partial charge is 0.337 e. The molecule has 0 aliphatic heterocycles. The molecule has 0 saturated carbocycles. The minimum Gasteiger partial charge on any atom is -0.478 e. The van der Waals surface area contributed by atoms with Crippen LogP contribution in [0.5, 0.6) is 0 Å². The van der Waals surface area contributed by atoms with E-state index in [1.807, 2.05) is 0 Å². The summed E-state index contributed by atoms with van der Waals surface area (Å²) in [6.07, 6.45) is 7.54. The molecule has 196 valence electrons. The molecule has 4 N–H and O–H groups in total. The average Bonchev–Trinajstić information content (AvgIpc) is 2.82. The number of carboxylic acids is 2. The Morgan fingerprint density at radius 1 is 0.667 bits per heavy atom. The number of halogens is 2. The number of amides is 2. The number of hydrogen-bond donors (Lipinski definition) is 4. The zero-order chi connectivity index (χ0) is 26.8. The summed E-state index contributed by atoms with van der Waals surface area (Å²) in [4.78, 5) is 50.8. The molecule has 0 spiro atoms. The highest BCUT2D eigenvalue weighted by Gasteiger charge is 2.29. The van der Waals surface area contributed by atoms with Crippen molar-refractivity contribution in [3.8, 4) is 0 Å². The molecule has 2 aromatic rings. The summed E-state index contributed by atoms with van der Waals surface area (Å²) >= 11 is 6.50. The van der Waals surface area contributed by atoms with Gasteiger partial charge in [0, 0.05) is 38.4 Å². The fourth-order valence-electron chi connectivity index (χ4n) is 4.04. The average molecular weight is 628 g/mol. The Labute approximate surface area is 227 Å². The third kappa shape index (κ3) is 7.29. The zero-order valence-corrected chi connectivity index (χ0v) is 23.7. The third-order valence-corrected chi connectivity index (χ3v) is 7.11. The van der Waals surface area contributed by atoms with E-state index in [4.69, 9.17) is 0 Å². The van der Waals surface area contributed by atoms with Crippen molar-refractivity contribution in [1.82, 2.24) is 10.6 Å². The van der Waals surface area contributed by atoms with Crippen molar-refractivity contribution >= 4 is 66.4 Å². The number of unbranched alkanes of at least 4 members (excludes halogenated alkanes) is 6. The maximum absolute atomic E-state index is 13.2. The van der Waals surface area contributed by atoms with Crippen molar-refractivity contribution in [2.24, 2.45) is 0 Å². The lowest BCUT2D eigenvalue weighted by Gasteiger charge is -2.18. The van der Waals surface area contributed by atoms with Crippen LogP contribution in [-0.2, 0) is 0 Å². The van der Waals surface area contributed by atoms with Crippen LogP contribution in [0.4, 0.5) is 0 Å². The quantitative estimate of drug-likeness (QED) is 0.180. The van der Waals surface area contributed by atoms with E-state index >= 15 is 0 Å². The fraction of sp³-hybridized carbons (Fsp3) is 0.462. The summed E-state index contributed by atoms with van der Waals surface area (Å²) in [6, 6.07) is 2.55. The maximum Gasteiger partial charge on any atom is 0.337 e. The largest absolute Gasteiger partial charge is 0.478 e. The monoisotopic (exact) mass is 626 g/mol. The fourth-order valence-corrected chi connectivity index (χ4v) is 5.24. The molecule has 10 heteroatoms. The van der Waals surface area contributed by atoms with Gasteiger partial charge in [-0.3, -0.25) is 9.59 Å². The van der Waals surface area contributed by atoms with E-state index in [1.54, 1.807) is 0 Å². The first-order valence-corrected chi connectivity index (χ1v) is 13.8. The van der Waals surface area contributed by atoms with Crippen LogP contribution in [0, 0.1) is 0 Å². The van der Waals surface area contributed by atoms with Gasteiger partial charge in [-0.05, 0) is 56.8 Å². The summed E-state index contributed by atoms with van der Waals surface area (Å²) in [5, 5.41) is 25.3. The summed E-state index contributed by atoms with van der Waals surface area (Å²) in [7, 11) is 0. The molecule has 0 aromatic heterocycles. The van der Waals surface area contributed by atoms with Crippen molar-refractivity contribution in [3.63, 3.8) is 0 Å². The van der Waals surface area contributed by atoms with Gasteiger partial charge in [0.2, 0.25) is 0 Å². The van der Waals surface area contributed by atoms with Gasteiger partial charge in [-0.15, -0.1) is 0 Å². The lowest BCUT2D eigenvalue weighted by molar-refractivity contribution is 0.0683. The van der Waals surface area contributed by atoms with Gasteiger partial charge < -0.3 is 20.8 Å². The highest BCUT2D eigenvalue weighted by atomic mass is 79.9. The van der Waals surface area contributed by atoms with Crippen LogP contribution in [0.25, 0.3) is 10.8 Å². The number of benzene rings is 2. The highest BCUT2D eigenvalue weighted by molar-refractivity contribution is 9.10. The highest BCUT2D eigenvalue weighted by Crippen LogP contribution is 2.38. The molecule has 0 heterocycles. The molecule has 2 amide bonds. The van der Waals surface area contributed by atoms with E-state index < -0.39 is 23.8 Å². The minimum absolute atomic E-state index is 0.00476. The van der Waals surface area contributed by atoms with Gasteiger partial charge in [-0.1, -0.05) is 52.4 Å². The molecule has 2 aromatic carbocycles. The van der Waals surface area contributed by atoms with Crippen LogP contribution >= 0.6 is 31.9 Å². The first-order valence-electron chi connectivity index (χ1n) is 12.2. The summed E-state index contributed by atoms with van der Waals surface area (Å²) in [5.74, 6) is -3.79. The van der Waals surface area contributed by atoms with Crippen LogP contribution in [0.15, 0.2) is 21.1 Å². The van der Waals surface area contributed by atoms with Gasteiger partial charge in [0.1, 0.15) is 0 Å². The normalized spacial score (nSPS) is 10.9. The van der Waals surface area contributed by atoms with Crippen molar-refractivity contribution < 1.29 is 29.4 Å². The lowest BCUT2D eigenvalue weighted by Crippen LogP contribution is -2.28. The Morgan fingerprint density at radius 2 is 1.14 bits per heavy atom. The number of hydrogen-bond acceptors (Lipinski definition) is 4. The van der Waals surface area contributed by atoms with E-state index in [-0.39, 0.29) is 42.0 Å². The van der Waals surface area contributed by atoms with E-state index in [1.165, 1.54) is 6.07 Å². The molecule has 0 fully saturated rings. The molecule has 0 saturated heterocycles. The Hall–Kier alpha value is -2.46. The van der Waals surface area contributed by atoms with Gasteiger partial charge >= 0.3 is 11.9 Å². The Morgan fingerprint density at radius 3 is 1.64 bits per heavy atom. The van der Waals surface area contributed by atoms with E-state index in [9.17, 15) is 29.4 Å². The van der Waals surface area contributed by atoms with Gasteiger partial charge in [-0.25, -0.2) is 9.59 Å². The van der Waals surface area contributed by atoms with Gasteiger partial charge in [-0.2, -0.15) is 0 Å². The molecule has 0 unspecified atom stereocenters. The maximum atomic E-state index is 13.2.